The van der Waals surface area contributed by atoms with Gasteiger partial charge in [0.25, 0.3) is 0 Å². The average molecular weight is 418 g/mol. The molecule has 1 saturated carbocycles. The van der Waals surface area contributed by atoms with E-state index in [4.69, 9.17) is 4.74 Å². The second kappa shape index (κ2) is 7.27. The number of benzene rings is 1. The van der Waals surface area contributed by atoms with Crippen LogP contribution in [-0.2, 0) is 18.0 Å². The fourth-order valence-corrected chi connectivity index (χ4v) is 3.31. The third-order valence-corrected chi connectivity index (χ3v) is 5.31. The molecular formula is C21H18F4N4O. The minimum atomic E-state index is -4.72. The Bertz CT molecular complexity index is 1110. The molecule has 0 bridgehead atoms. The first kappa shape index (κ1) is 20.1. The van der Waals surface area contributed by atoms with Gasteiger partial charge in [-0.25, -0.2) is 4.39 Å². The van der Waals surface area contributed by atoms with Gasteiger partial charge < -0.3 is 4.74 Å². The largest absolute Gasteiger partial charge is 0.491 e. The van der Waals surface area contributed by atoms with Gasteiger partial charge in [0.1, 0.15) is 35.0 Å². The van der Waals surface area contributed by atoms with Gasteiger partial charge in [-0.3, -0.25) is 4.40 Å². The molecule has 1 aliphatic rings. The van der Waals surface area contributed by atoms with Crippen molar-refractivity contribution in [2.24, 2.45) is 5.92 Å². The van der Waals surface area contributed by atoms with E-state index in [9.17, 15) is 22.8 Å². The fraction of sp³-hybridized carbons (Fsp3) is 0.381. The smallest absolute Gasteiger partial charge is 0.423 e. The van der Waals surface area contributed by atoms with Gasteiger partial charge in [-0.1, -0.05) is 12.1 Å². The summed E-state index contributed by atoms with van der Waals surface area (Å²) in [7, 11) is 0. The predicted molar refractivity (Wildman–Crippen MR) is 99.3 cm³/mol. The van der Waals surface area contributed by atoms with Crippen LogP contribution in [0.3, 0.4) is 0 Å². The molecule has 0 amide bonds. The van der Waals surface area contributed by atoms with Crippen molar-refractivity contribution in [2.75, 3.05) is 6.61 Å². The zero-order chi connectivity index (χ0) is 21.5. The van der Waals surface area contributed by atoms with Crippen molar-refractivity contribution in [3.63, 3.8) is 0 Å². The maximum Gasteiger partial charge on any atom is 0.423 e. The number of nitriles is 1. The fourth-order valence-electron chi connectivity index (χ4n) is 3.31. The van der Waals surface area contributed by atoms with Crippen LogP contribution in [0.4, 0.5) is 17.6 Å². The van der Waals surface area contributed by atoms with Crippen LogP contribution >= 0.6 is 0 Å². The Morgan fingerprint density at radius 3 is 2.47 bits per heavy atom. The van der Waals surface area contributed by atoms with Crippen molar-refractivity contribution >= 4 is 5.65 Å². The molecule has 5 nitrogen and oxygen atoms in total. The van der Waals surface area contributed by atoms with E-state index >= 15 is 0 Å². The Morgan fingerprint density at radius 2 is 1.87 bits per heavy atom. The molecule has 1 fully saturated rings. The van der Waals surface area contributed by atoms with E-state index in [-0.39, 0.29) is 12.3 Å². The lowest BCUT2D eigenvalue weighted by atomic mass is 9.85. The van der Waals surface area contributed by atoms with Gasteiger partial charge in [0.15, 0.2) is 5.65 Å². The molecule has 1 aliphatic carbocycles. The van der Waals surface area contributed by atoms with Crippen LogP contribution in [0.1, 0.15) is 36.7 Å². The van der Waals surface area contributed by atoms with E-state index < -0.39 is 28.7 Å². The maximum absolute atomic E-state index is 13.9. The molecule has 0 aliphatic heterocycles. The normalized spacial score (nSPS) is 16.3. The summed E-state index contributed by atoms with van der Waals surface area (Å²) >= 11 is 0. The number of fused-ring (bicyclic) bond motifs is 1. The number of nitrogens with zero attached hydrogens (tertiary/aromatic N) is 4. The molecule has 1 aromatic carbocycles. The first-order chi connectivity index (χ1) is 14.2. The highest BCUT2D eigenvalue weighted by Crippen LogP contribution is 2.40. The highest BCUT2D eigenvalue weighted by atomic mass is 19.4. The van der Waals surface area contributed by atoms with Crippen LogP contribution in [0.25, 0.3) is 5.65 Å². The number of rotatable bonds is 6. The number of pyridine rings is 1. The topological polar surface area (TPSA) is 63.2 Å². The van der Waals surface area contributed by atoms with Gasteiger partial charge in [0.2, 0.25) is 0 Å². The van der Waals surface area contributed by atoms with E-state index in [2.05, 4.69) is 16.3 Å². The van der Waals surface area contributed by atoms with Crippen molar-refractivity contribution in [3.05, 3.63) is 59.3 Å². The Morgan fingerprint density at radius 1 is 1.17 bits per heavy atom. The van der Waals surface area contributed by atoms with Gasteiger partial charge in [0, 0.05) is 12.6 Å². The van der Waals surface area contributed by atoms with Gasteiger partial charge >= 0.3 is 6.18 Å². The number of hydrogen-bond donors (Lipinski definition) is 0. The van der Waals surface area contributed by atoms with Crippen molar-refractivity contribution < 1.29 is 22.3 Å². The van der Waals surface area contributed by atoms with Crippen LogP contribution in [-0.4, -0.2) is 21.2 Å². The van der Waals surface area contributed by atoms with Crippen LogP contribution < -0.4 is 4.74 Å². The van der Waals surface area contributed by atoms with Gasteiger partial charge in [-0.15, -0.1) is 10.2 Å². The minimum absolute atomic E-state index is 0.323. The summed E-state index contributed by atoms with van der Waals surface area (Å²) in [6.07, 6.45) is -0.605. The molecule has 2 aromatic heterocycles. The average Bonchev–Trinajstić information content (AvgIpc) is 3.44. The molecule has 9 heteroatoms. The summed E-state index contributed by atoms with van der Waals surface area (Å²) in [5.41, 5.74) is -2.18. The monoisotopic (exact) mass is 418 g/mol. The lowest BCUT2D eigenvalue weighted by molar-refractivity contribution is -0.138. The molecule has 1 unspecified atom stereocenters. The predicted octanol–water partition coefficient (Wildman–Crippen LogP) is 4.70. The quantitative estimate of drug-likeness (QED) is 0.545. The molecule has 0 N–H and O–H groups in total. The minimum Gasteiger partial charge on any atom is -0.491 e. The summed E-state index contributed by atoms with van der Waals surface area (Å²) in [6.45, 7) is 1.17. The summed E-state index contributed by atoms with van der Waals surface area (Å²) in [4.78, 5) is 0. The number of aromatic nitrogens is 3. The summed E-state index contributed by atoms with van der Waals surface area (Å²) < 4.78 is 61.6. The molecule has 1 atom stereocenters. The van der Waals surface area contributed by atoms with E-state index in [0.29, 0.717) is 23.7 Å². The highest BCUT2D eigenvalue weighted by molar-refractivity contribution is 5.57. The second-order valence-corrected chi connectivity index (χ2v) is 7.75. The van der Waals surface area contributed by atoms with Crippen LogP contribution in [0.15, 0.2) is 36.5 Å². The molecule has 156 valence electrons. The zero-order valence-electron chi connectivity index (χ0n) is 16.1. The van der Waals surface area contributed by atoms with E-state index in [1.165, 1.54) is 47.9 Å². The molecule has 0 radical (unpaired) electrons. The number of hydrogen-bond acceptors (Lipinski definition) is 4. The maximum atomic E-state index is 13.9. The second-order valence-electron chi connectivity index (χ2n) is 7.75. The summed E-state index contributed by atoms with van der Waals surface area (Å²) in [5.74, 6) is 0.0231. The van der Waals surface area contributed by atoms with E-state index in [1.807, 2.05) is 0 Å². The molecule has 2 heterocycles. The molecule has 3 aromatic rings. The lowest BCUT2D eigenvalue weighted by Gasteiger charge is -2.24. The first-order valence-corrected chi connectivity index (χ1v) is 9.45. The standard InChI is InChI=1S/C21H18F4N4O/c1-20(11-26,14-4-6-15(22)7-5-14)12-30-16-8-9-29-17(10-13-2-3-13)27-28-19(29)18(16)21(23,24)25/h4-9,13H,2-3,10,12H2,1H3. The van der Waals surface area contributed by atoms with Gasteiger partial charge in [-0.2, -0.15) is 18.4 Å². The third kappa shape index (κ3) is 3.82. The summed E-state index contributed by atoms with van der Waals surface area (Å²) in [5, 5.41) is 17.3. The molecular weight excluding hydrogens is 400 g/mol. The van der Waals surface area contributed by atoms with E-state index in [0.717, 1.165) is 12.8 Å². The Kier molecular flexibility index (Phi) is 4.88. The molecule has 0 spiro atoms. The van der Waals surface area contributed by atoms with Crippen molar-refractivity contribution in [3.8, 4) is 11.8 Å². The number of ether oxygens (including phenoxy) is 1. The van der Waals surface area contributed by atoms with Gasteiger partial charge in [-0.05, 0) is 49.4 Å². The van der Waals surface area contributed by atoms with E-state index in [1.54, 1.807) is 0 Å². The number of alkyl halides is 3. The Balaban J connectivity index is 1.68. The van der Waals surface area contributed by atoms with Crippen molar-refractivity contribution in [1.29, 1.82) is 5.26 Å². The van der Waals surface area contributed by atoms with Crippen molar-refractivity contribution in [2.45, 2.75) is 37.8 Å². The third-order valence-electron chi connectivity index (χ3n) is 5.31. The Labute approximate surface area is 169 Å². The lowest BCUT2D eigenvalue weighted by Crippen LogP contribution is -2.29. The Hall–Kier alpha value is -3.15. The zero-order valence-corrected chi connectivity index (χ0v) is 16.1. The number of halogens is 4. The SMILES string of the molecule is CC(C#N)(COc1ccn2c(CC3CC3)nnc2c1C(F)(F)F)c1ccc(F)cc1. The molecule has 30 heavy (non-hydrogen) atoms. The molecule has 0 saturated heterocycles. The first-order valence-electron chi connectivity index (χ1n) is 9.45. The van der Waals surface area contributed by atoms with Crippen LogP contribution in [0.5, 0.6) is 5.75 Å². The van der Waals surface area contributed by atoms with Crippen molar-refractivity contribution in [1.82, 2.24) is 14.6 Å². The van der Waals surface area contributed by atoms with Gasteiger partial charge in [0.05, 0.1) is 6.07 Å². The molecule has 4 rings (SSSR count). The summed E-state index contributed by atoms with van der Waals surface area (Å²) in [6, 6.07) is 8.48. The van der Waals surface area contributed by atoms with Crippen LogP contribution in [0.2, 0.25) is 0 Å². The highest BCUT2D eigenvalue weighted by Gasteiger charge is 2.40. The van der Waals surface area contributed by atoms with Crippen LogP contribution in [0, 0.1) is 23.1 Å².